The third-order valence-electron chi connectivity index (χ3n) is 4.36. The maximum Gasteiger partial charge on any atom is 0.243 e. The van der Waals surface area contributed by atoms with Gasteiger partial charge < -0.3 is 4.74 Å². The zero-order valence-corrected chi connectivity index (χ0v) is 13.0. The van der Waals surface area contributed by atoms with E-state index in [0.717, 1.165) is 19.3 Å². The van der Waals surface area contributed by atoms with E-state index in [1.54, 1.807) is 29.6 Å². The van der Waals surface area contributed by atoms with E-state index < -0.39 is 10.0 Å². The van der Waals surface area contributed by atoms with Crippen LogP contribution in [-0.4, -0.2) is 32.4 Å². The third kappa shape index (κ3) is 2.22. The van der Waals surface area contributed by atoms with Crippen molar-refractivity contribution in [2.45, 2.75) is 36.1 Å². The lowest BCUT2D eigenvalue weighted by atomic mass is 10.1. The molecule has 1 aromatic carbocycles. The molecule has 110 valence electrons. The van der Waals surface area contributed by atoms with Gasteiger partial charge in [-0.1, -0.05) is 0 Å². The lowest BCUT2D eigenvalue weighted by Crippen LogP contribution is -2.37. The number of methoxy groups -OCH3 is 1. The van der Waals surface area contributed by atoms with Crippen molar-refractivity contribution in [1.29, 1.82) is 0 Å². The van der Waals surface area contributed by atoms with Crippen molar-refractivity contribution < 1.29 is 13.2 Å². The Kier molecular flexibility index (Phi) is 3.69. The molecular weight excluding hydrogens is 298 g/mol. The van der Waals surface area contributed by atoms with Crippen LogP contribution in [0.1, 0.15) is 24.8 Å². The number of nitrogens with zero attached hydrogens (tertiary/aromatic N) is 1. The van der Waals surface area contributed by atoms with E-state index in [1.165, 1.54) is 0 Å². The molecule has 4 nitrogen and oxygen atoms in total. The smallest absolute Gasteiger partial charge is 0.243 e. The van der Waals surface area contributed by atoms with E-state index in [0.29, 0.717) is 28.7 Å². The Bertz CT molecular complexity index is 617. The molecule has 1 aliphatic carbocycles. The summed E-state index contributed by atoms with van der Waals surface area (Å²) in [5.74, 6) is 1.40. The predicted octanol–water partition coefficient (Wildman–Crippen LogP) is 2.61. The molecule has 0 amide bonds. The number of hydrogen-bond donors (Lipinski definition) is 0. The average Bonchev–Trinajstić information content (AvgIpc) is 3.09. The van der Waals surface area contributed by atoms with Gasteiger partial charge in [-0.2, -0.15) is 4.31 Å². The normalized spacial score (nSPS) is 26.1. The molecule has 20 heavy (non-hydrogen) atoms. The lowest BCUT2D eigenvalue weighted by Gasteiger charge is -2.26. The van der Waals surface area contributed by atoms with Crippen LogP contribution in [0.2, 0.25) is 0 Å². The van der Waals surface area contributed by atoms with Crippen molar-refractivity contribution in [3.05, 3.63) is 23.8 Å². The highest BCUT2D eigenvalue weighted by Crippen LogP contribution is 2.40. The van der Waals surface area contributed by atoms with Crippen molar-refractivity contribution >= 4 is 21.6 Å². The van der Waals surface area contributed by atoms with Gasteiger partial charge in [0.25, 0.3) is 0 Å². The molecule has 0 spiro atoms. The van der Waals surface area contributed by atoms with E-state index in [1.807, 2.05) is 0 Å². The molecule has 0 N–H and O–H groups in total. The van der Waals surface area contributed by atoms with Gasteiger partial charge >= 0.3 is 0 Å². The number of piperidine rings is 1. The number of halogens is 1. The fourth-order valence-electron chi connectivity index (χ4n) is 3.33. The Balaban J connectivity index is 1.95. The standard InChI is InChI=1S/C14H18ClNO3S/c1-19-14-5-4-13(7-11(14)8-15)20(17,18)16-9-10-2-3-12(16)6-10/h4-5,7,10,12H,2-3,6,8-9H2,1H3. The van der Waals surface area contributed by atoms with Gasteiger partial charge in [-0.3, -0.25) is 0 Å². The fraction of sp³-hybridized carbons (Fsp3) is 0.571. The van der Waals surface area contributed by atoms with Crippen LogP contribution in [-0.2, 0) is 15.9 Å². The summed E-state index contributed by atoms with van der Waals surface area (Å²) >= 11 is 5.87. The number of ether oxygens (including phenoxy) is 1. The van der Waals surface area contributed by atoms with Crippen LogP contribution in [0.15, 0.2) is 23.1 Å². The topological polar surface area (TPSA) is 46.6 Å². The van der Waals surface area contributed by atoms with Gasteiger partial charge in [-0.25, -0.2) is 8.42 Å². The van der Waals surface area contributed by atoms with Crippen molar-refractivity contribution in [3.8, 4) is 5.75 Å². The second kappa shape index (κ2) is 5.20. The minimum atomic E-state index is -3.41. The van der Waals surface area contributed by atoms with Crippen LogP contribution in [0.4, 0.5) is 0 Å². The average molecular weight is 316 g/mol. The van der Waals surface area contributed by atoms with Gasteiger partial charge in [0.05, 0.1) is 17.9 Å². The maximum atomic E-state index is 12.7. The number of hydrogen-bond acceptors (Lipinski definition) is 3. The zero-order chi connectivity index (χ0) is 14.3. The summed E-state index contributed by atoms with van der Waals surface area (Å²) in [6, 6.07) is 5.11. The highest BCUT2D eigenvalue weighted by Gasteiger charge is 2.44. The Morgan fingerprint density at radius 2 is 2.20 bits per heavy atom. The summed E-state index contributed by atoms with van der Waals surface area (Å²) in [5, 5.41) is 0. The number of benzene rings is 1. The van der Waals surface area contributed by atoms with Crippen LogP contribution in [0.5, 0.6) is 5.75 Å². The SMILES string of the molecule is COc1ccc(S(=O)(=O)N2CC3CCC2C3)cc1CCl. The highest BCUT2D eigenvalue weighted by molar-refractivity contribution is 7.89. The maximum absolute atomic E-state index is 12.7. The van der Waals surface area contributed by atoms with Crippen molar-refractivity contribution in [2.75, 3.05) is 13.7 Å². The predicted molar refractivity (Wildman–Crippen MR) is 77.6 cm³/mol. The molecule has 2 bridgehead atoms. The van der Waals surface area contributed by atoms with E-state index in [2.05, 4.69) is 0 Å². The molecule has 3 rings (SSSR count). The molecule has 1 saturated heterocycles. The summed E-state index contributed by atoms with van der Waals surface area (Å²) in [5.41, 5.74) is 0.708. The fourth-order valence-corrected chi connectivity index (χ4v) is 5.33. The first-order chi connectivity index (χ1) is 9.56. The van der Waals surface area contributed by atoms with E-state index in [4.69, 9.17) is 16.3 Å². The quantitative estimate of drug-likeness (QED) is 0.802. The summed E-state index contributed by atoms with van der Waals surface area (Å²) in [7, 11) is -1.85. The molecule has 0 radical (unpaired) electrons. The first-order valence-electron chi connectivity index (χ1n) is 6.81. The molecule has 2 atom stereocenters. The molecule has 1 aliphatic heterocycles. The summed E-state index contributed by atoms with van der Waals surface area (Å²) in [6.45, 7) is 0.662. The van der Waals surface area contributed by atoms with Gasteiger partial charge in [0.1, 0.15) is 5.75 Å². The first-order valence-corrected chi connectivity index (χ1v) is 8.78. The summed E-state index contributed by atoms with van der Waals surface area (Å²) in [6.07, 6.45) is 3.16. The van der Waals surface area contributed by atoms with E-state index >= 15 is 0 Å². The Labute approximate surface area is 124 Å². The number of alkyl halides is 1. The van der Waals surface area contributed by atoms with Crippen LogP contribution < -0.4 is 4.74 Å². The molecule has 1 saturated carbocycles. The molecule has 2 aliphatic rings. The van der Waals surface area contributed by atoms with Gasteiger partial charge in [0.15, 0.2) is 0 Å². The van der Waals surface area contributed by atoms with Crippen LogP contribution in [0.3, 0.4) is 0 Å². The molecule has 1 heterocycles. The number of sulfonamides is 1. The van der Waals surface area contributed by atoms with Gasteiger partial charge in [0, 0.05) is 18.2 Å². The molecule has 6 heteroatoms. The molecule has 0 aromatic heterocycles. The zero-order valence-electron chi connectivity index (χ0n) is 11.4. The second-order valence-electron chi connectivity index (χ2n) is 5.51. The van der Waals surface area contributed by atoms with Gasteiger partial charge in [-0.15, -0.1) is 11.6 Å². The van der Waals surface area contributed by atoms with Crippen LogP contribution >= 0.6 is 11.6 Å². The van der Waals surface area contributed by atoms with Gasteiger partial charge in [-0.05, 0) is 43.4 Å². The van der Waals surface area contributed by atoms with Crippen LogP contribution in [0.25, 0.3) is 0 Å². The largest absolute Gasteiger partial charge is 0.496 e. The first kappa shape index (κ1) is 14.2. The molecular formula is C14H18ClNO3S. The monoisotopic (exact) mass is 315 g/mol. The second-order valence-corrected chi connectivity index (χ2v) is 7.67. The van der Waals surface area contributed by atoms with Crippen molar-refractivity contribution in [1.82, 2.24) is 4.31 Å². The summed E-state index contributed by atoms with van der Waals surface area (Å²) < 4.78 is 32.3. The minimum absolute atomic E-state index is 0.187. The summed E-state index contributed by atoms with van der Waals surface area (Å²) in [4.78, 5) is 0.321. The highest BCUT2D eigenvalue weighted by atomic mass is 35.5. The Morgan fingerprint density at radius 1 is 1.40 bits per heavy atom. The van der Waals surface area contributed by atoms with Gasteiger partial charge in [0.2, 0.25) is 10.0 Å². The van der Waals surface area contributed by atoms with E-state index in [-0.39, 0.29) is 11.9 Å². The van der Waals surface area contributed by atoms with Crippen molar-refractivity contribution in [2.24, 2.45) is 5.92 Å². The van der Waals surface area contributed by atoms with E-state index in [9.17, 15) is 8.42 Å². The van der Waals surface area contributed by atoms with Crippen LogP contribution in [0, 0.1) is 5.92 Å². The minimum Gasteiger partial charge on any atom is -0.496 e. The Morgan fingerprint density at radius 3 is 2.75 bits per heavy atom. The Hall–Kier alpha value is -0.780. The number of rotatable bonds is 4. The molecule has 2 unspecified atom stereocenters. The third-order valence-corrected chi connectivity index (χ3v) is 6.56. The van der Waals surface area contributed by atoms with Crippen molar-refractivity contribution in [3.63, 3.8) is 0 Å². The lowest BCUT2D eigenvalue weighted by molar-refractivity contribution is 0.333. The molecule has 1 aromatic rings. The molecule has 2 fully saturated rings. The number of fused-ring (bicyclic) bond motifs is 2.